The molecule has 1 heterocycles. The monoisotopic (exact) mass is 290 g/mol. The summed E-state index contributed by atoms with van der Waals surface area (Å²) in [5.74, 6) is -0.109. The highest BCUT2D eigenvalue weighted by atomic mass is 16.1. The van der Waals surface area contributed by atoms with Gasteiger partial charge in [0, 0.05) is 11.1 Å². The molecule has 0 radical (unpaired) electrons. The number of carbonyl (C=O) groups excluding carboxylic acids is 1. The Morgan fingerprint density at radius 3 is 2.41 bits per heavy atom. The predicted molar refractivity (Wildman–Crippen MR) is 90.3 cm³/mol. The van der Waals surface area contributed by atoms with Gasteiger partial charge in [-0.25, -0.2) is 0 Å². The Kier molecular flexibility index (Phi) is 3.63. The first-order chi connectivity index (χ1) is 10.6. The molecule has 0 aliphatic rings. The fourth-order valence-electron chi connectivity index (χ4n) is 2.76. The van der Waals surface area contributed by atoms with E-state index in [4.69, 9.17) is 0 Å². The SMILES string of the molecule is Cc1ccccc1NC(=O)c1c(C)nc2ccccc2c1C. The zero-order valence-corrected chi connectivity index (χ0v) is 13.0. The van der Waals surface area contributed by atoms with E-state index in [0.717, 1.165) is 33.4 Å². The minimum absolute atomic E-state index is 0.109. The van der Waals surface area contributed by atoms with Crippen molar-refractivity contribution < 1.29 is 4.79 Å². The van der Waals surface area contributed by atoms with Gasteiger partial charge >= 0.3 is 0 Å². The highest BCUT2D eigenvalue weighted by Crippen LogP contribution is 2.24. The van der Waals surface area contributed by atoms with Gasteiger partial charge in [0.15, 0.2) is 0 Å². The number of amides is 1. The molecule has 3 nitrogen and oxygen atoms in total. The van der Waals surface area contributed by atoms with Crippen LogP contribution in [0.15, 0.2) is 48.5 Å². The minimum atomic E-state index is -0.109. The molecule has 0 aliphatic heterocycles. The molecule has 1 amide bonds. The molecule has 3 heteroatoms. The first-order valence-corrected chi connectivity index (χ1v) is 7.31. The number of hydrogen-bond acceptors (Lipinski definition) is 2. The smallest absolute Gasteiger partial charge is 0.257 e. The second-order valence-corrected chi connectivity index (χ2v) is 5.48. The quantitative estimate of drug-likeness (QED) is 0.759. The maximum absolute atomic E-state index is 12.7. The number of nitrogens with one attached hydrogen (secondary N) is 1. The van der Waals surface area contributed by atoms with Gasteiger partial charge < -0.3 is 5.32 Å². The Bertz CT molecular complexity index is 868. The van der Waals surface area contributed by atoms with Crippen molar-refractivity contribution in [1.29, 1.82) is 0 Å². The maximum Gasteiger partial charge on any atom is 0.257 e. The van der Waals surface area contributed by atoms with Crippen LogP contribution in [0, 0.1) is 20.8 Å². The summed E-state index contributed by atoms with van der Waals surface area (Å²) in [5.41, 5.74) is 5.17. The largest absolute Gasteiger partial charge is 0.322 e. The Morgan fingerprint density at radius 2 is 1.64 bits per heavy atom. The van der Waals surface area contributed by atoms with Gasteiger partial charge in [-0.3, -0.25) is 9.78 Å². The van der Waals surface area contributed by atoms with Crippen LogP contribution in [0.3, 0.4) is 0 Å². The molecule has 0 aliphatic carbocycles. The van der Waals surface area contributed by atoms with Gasteiger partial charge in [-0.2, -0.15) is 0 Å². The van der Waals surface area contributed by atoms with Gasteiger partial charge in [0.25, 0.3) is 5.91 Å². The third-order valence-electron chi connectivity index (χ3n) is 3.95. The molecule has 0 saturated carbocycles. The lowest BCUT2D eigenvalue weighted by Gasteiger charge is -2.13. The zero-order chi connectivity index (χ0) is 15.7. The number of hydrogen-bond donors (Lipinski definition) is 1. The number of rotatable bonds is 2. The average molecular weight is 290 g/mol. The summed E-state index contributed by atoms with van der Waals surface area (Å²) in [5, 5.41) is 4.01. The lowest BCUT2D eigenvalue weighted by Crippen LogP contribution is -2.16. The van der Waals surface area contributed by atoms with Crippen LogP contribution in [-0.4, -0.2) is 10.9 Å². The number of fused-ring (bicyclic) bond motifs is 1. The van der Waals surface area contributed by atoms with Crippen LogP contribution in [-0.2, 0) is 0 Å². The molecule has 0 fully saturated rings. The van der Waals surface area contributed by atoms with Crippen molar-refractivity contribution >= 4 is 22.5 Å². The molecule has 110 valence electrons. The third kappa shape index (κ3) is 2.46. The zero-order valence-electron chi connectivity index (χ0n) is 13.0. The summed E-state index contributed by atoms with van der Waals surface area (Å²) in [4.78, 5) is 17.3. The summed E-state index contributed by atoms with van der Waals surface area (Å²) in [7, 11) is 0. The fourth-order valence-corrected chi connectivity index (χ4v) is 2.76. The van der Waals surface area contributed by atoms with Crippen molar-refractivity contribution in [2.24, 2.45) is 0 Å². The Morgan fingerprint density at radius 1 is 0.955 bits per heavy atom. The van der Waals surface area contributed by atoms with E-state index < -0.39 is 0 Å². The molecule has 1 aromatic heterocycles. The molecule has 3 aromatic rings. The summed E-state index contributed by atoms with van der Waals surface area (Å²) in [6, 6.07) is 15.7. The standard InChI is InChI=1S/C19H18N2O/c1-12-8-4-6-10-16(12)21-19(22)18-13(2)15-9-5-7-11-17(15)20-14(18)3/h4-11H,1-3H3,(H,21,22). The van der Waals surface area contributed by atoms with E-state index in [-0.39, 0.29) is 5.91 Å². The summed E-state index contributed by atoms with van der Waals surface area (Å²) < 4.78 is 0. The average Bonchev–Trinajstić information content (AvgIpc) is 2.49. The topological polar surface area (TPSA) is 42.0 Å². The van der Waals surface area contributed by atoms with Gasteiger partial charge in [0.1, 0.15) is 0 Å². The van der Waals surface area contributed by atoms with Crippen LogP contribution in [0.2, 0.25) is 0 Å². The van der Waals surface area contributed by atoms with E-state index in [0.29, 0.717) is 5.56 Å². The van der Waals surface area contributed by atoms with Crippen molar-refractivity contribution in [1.82, 2.24) is 4.98 Å². The number of carbonyl (C=O) groups is 1. The van der Waals surface area contributed by atoms with Crippen LogP contribution >= 0.6 is 0 Å². The molecule has 0 unspecified atom stereocenters. The molecule has 2 aromatic carbocycles. The van der Waals surface area contributed by atoms with E-state index in [9.17, 15) is 4.79 Å². The third-order valence-corrected chi connectivity index (χ3v) is 3.95. The number of benzene rings is 2. The second-order valence-electron chi connectivity index (χ2n) is 5.48. The van der Waals surface area contributed by atoms with E-state index in [1.807, 2.05) is 69.3 Å². The normalized spacial score (nSPS) is 10.7. The number of nitrogens with zero attached hydrogens (tertiary/aromatic N) is 1. The van der Waals surface area contributed by atoms with Gasteiger partial charge in [0.05, 0.1) is 16.8 Å². The Balaban J connectivity index is 2.06. The maximum atomic E-state index is 12.7. The van der Waals surface area contributed by atoms with Crippen molar-refractivity contribution in [2.75, 3.05) is 5.32 Å². The first-order valence-electron chi connectivity index (χ1n) is 7.31. The van der Waals surface area contributed by atoms with Crippen LogP contribution in [0.5, 0.6) is 0 Å². The second kappa shape index (κ2) is 5.60. The number of para-hydroxylation sites is 2. The first kappa shape index (κ1) is 14.3. The Hall–Kier alpha value is -2.68. The van der Waals surface area contributed by atoms with Crippen molar-refractivity contribution in [2.45, 2.75) is 20.8 Å². The molecule has 0 atom stereocenters. The summed E-state index contributed by atoms with van der Waals surface area (Å²) >= 11 is 0. The van der Waals surface area contributed by atoms with Crippen LogP contribution < -0.4 is 5.32 Å². The molecule has 0 spiro atoms. The lowest BCUT2D eigenvalue weighted by molar-refractivity contribution is 0.102. The van der Waals surface area contributed by atoms with E-state index in [1.54, 1.807) is 0 Å². The lowest BCUT2D eigenvalue weighted by atomic mass is 10.0. The number of aromatic nitrogens is 1. The summed E-state index contributed by atoms with van der Waals surface area (Å²) in [6.45, 7) is 5.84. The van der Waals surface area contributed by atoms with Crippen LogP contribution in [0.25, 0.3) is 10.9 Å². The number of aryl methyl sites for hydroxylation is 3. The van der Waals surface area contributed by atoms with Gasteiger partial charge in [-0.05, 0) is 44.0 Å². The minimum Gasteiger partial charge on any atom is -0.322 e. The molecule has 3 rings (SSSR count). The van der Waals surface area contributed by atoms with Gasteiger partial charge in [-0.15, -0.1) is 0 Å². The molecule has 1 N–H and O–H groups in total. The highest BCUT2D eigenvalue weighted by Gasteiger charge is 2.16. The predicted octanol–water partition coefficient (Wildman–Crippen LogP) is 4.41. The van der Waals surface area contributed by atoms with Gasteiger partial charge in [-0.1, -0.05) is 36.4 Å². The number of anilines is 1. The molecule has 0 bridgehead atoms. The van der Waals surface area contributed by atoms with Gasteiger partial charge in [0.2, 0.25) is 0 Å². The molecule has 22 heavy (non-hydrogen) atoms. The fraction of sp³-hybridized carbons (Fsp3) is 0.158. The van der Waals surface area contributed by atoms with Crippen molar-refractivity contribution in [3.63, 3.8) is 0 Å². The Labute approximate surface area is 130 Å². The van der Waals surface area contributed by atoms with Crippen molar-refractivity contribution in [3.05, 3.63) is 70.9 Å². The van der Waals surface area contributed by atoms with Crippen LogP contribution in [0.4, 0.5) is 5.69 Å². The van der Waals surface area contributed by atoms with E-state index in [1.165, 1.54) is 0 Å². The molecular weight excluding hydrogens is 272 g/mol. The molecule has 0 saturated heterocycles. The van der Waals surface area contributed by atoms with Crippen LogP contribution in [0.1, 0.15) is 27.2 Å². The summed E-state index contributed by atoms with van der Waals surface area (Å²) in [6.07, 6.45) is 0. The van der Waals surface area contributed by atoms with E-state index in [2.05, 4.69) is 10.3 Å². The highest BCUT2D eigenvalue weighted by molar-refractivity contribution is 6.08. The van der Waals surface area contributed by atoms with Crippen molar-refractivity contribution in [3.8, 4) is 0 Å². The number of pyridine rings is 1. The van der Waals surface area contributed by atoms with E-state index >= 15 is 0 Å². The molecular formula is C19H18N2O.